The molecule has 0 aliphatic carbocycles. The van der Waals surface area contributed by atoms with E-state index in [0.717, 1.165) is 30.1 Å². The molecule has 112 valence electrons. The van der Waals surface area contributed by atoms with E-state index in [9.17, 15) is 4.79 Å². The number of carbonyl (C=O) groups is 1. The fraction of sp³-hybridized carbons (Fsp3) is 0.533. The number of rotatable bonds is 3. The van der Waals surface area contributed by atoms with Crippen LogP contribution in [0.4, 0.5) is 0 Å². The highest BCUT2D eigenvalue weighted by atomic mass is 32.1. The molecule has 0 radical (unpaired) electrons. The number of piperidine rings is 1. The Balaban J connectivity index is 1.71. The lowest BCUT2D eigenvalue weighted by molar-refractivity contribution is 0.0665. The van der Waals surface area contributed by atoms with Crippen LogP contribution >= 0.6 is 11.3 Å². The standard InChI is InChI=1S/C15H19N3O2S/c1-10(2)12-8-13(20-17-12)15(19)18-6-3-4-11(9-18)14-16-5-7-21-14/h5,7-8,10-11H,3-4,6,9H2,1-2H3/t11-/m1/s1. The Hall–Kier alpha value is -1.69. The van der Waals surface area contributed by atoms with Gasteiger partial charge in [-0.1, -0.05) is 19.0 Å². The first-order chi connectivity index (χ1) is 10.1. The third kappa shape index (κ3) is 3.00. The third-order valence-electron chi connectivity index (χ3n) is 3.84. The minimum Gasteiger partial charge on any atom is -0.351 e. The predicted octanol–water partition coefficient (Wildman–Crippen LogP) is 3.27. The molecule has 1 atom stereocenters. The smallest absolute Gasteiger partial charge is 0.292 e. The normalized spacial score (nSPS) is 19.2. The first-order valence-electron chi connectivity index (χ1n) is 7.30. The van der Waals surface area contributed by atoms with Crippen LogP contribution < -0.4 is 0 Å². The van der Waals surface area contributed by atoms with Gasteiger partial charge in [-0.05, 0) is 18.8 Å². The van der Waals surface area contributed by atoms with Gasteiger partial charge in [0.15, 0.2) is 0 Å². The molecule has 6 heteroatoms. The molecule has 1 amide bonds. The van der Waals surface area contributed by atoms with Gasteiger partial charge in [-0.15, -0.1) is 11.3 Å². The van der Waals surface area contributed by atoms with Crippen molar-refractivity contribution in [2.45, 2.75) is 38.5 Å². The lowest BCUT2D eigenvalue weighted by atomic mass is 9.98. The fourth-order valence-corrected chi connectivity index (χ4v) is 3.38. The van der Waals surface area contributed by atoms with Crippen molar-refractivity contribution >= 4 is 17.2 Å². The molecule has 1 fully saturated rings. The summed E-state index contributed by atoms with van der Waals surface area (Å²) in [6.07, 6.45) is 3.91. The third-order valence-corrected chi connectivity index (χ3v) is 4.78. The Morgan fingerprint density at radius 3 is 3.05 bits per heavy atom. The van der Waals surface area contributed by atoms with Crippen LogP contribution in [0.5, 0.6) is 0 Å². The number of carbonyl (C=O) groups excluding carboxylic acids is 1. The van der Waals surface area contributed by atoms with E-state index in [-0.39, 0.29) is 11.8 Å². The molecule has 2 aromatic rings. The minimum atomic E-state index is -0.0596. The van der Waals surface area contributed by atoms with Crippen LogP contribution in [0.3, 0.4) is 0 Å². The molecule has 3 heterocycles. The monoisotopic (exact) mass is 305 g/mol. The first kappa shape index (κ1) is 14.3. The number of hydrogen-bond donors (Lipinski definition) is 0. The molecular weight excluding hydrogens is 286 g/mol. The summed E-state index contributed by atoms with van der Waals surface area (Å²) in [4.78, 5) is 18.8. The molecular formula is C15H19N3O2S. The number of nitrogens with zero attached hydrogens (tertiary/aromatic N) is 3. The molecule has 1 saturated heterocycles. The van der Waals surface area contributed by atoms with Gasteiger partial charge in [0.05, 0.1) is 10.7 Å². The van der Waals surface area contributed by atoms with E-state index in [2.05, 4.69) is 10.1 Å². The number of hydrogen-bond acceptors (Lipinski definition) is 5. The molecule has 0 unspecified atom stereocenters. The van der Waals surface area contributed by atoms with Crippen LogP contribution in [-0.4, -0.2) is 34.0 Å². The maximum atomic E-state index is 12.5. The molecule has 0 spiro atoms. The van der Waals surface area contributed by atoms with Crippen molar-refractivity contribution in [3.8, 4) is 0 Å². The molecule has 1 aliphatic rings. The molecule has 0 bridgehead atoms. The van der Waals surface area contributed by atoms with Crippen LogP contribution in [-0.2, 0) is 0 Å². The van der Waals surface area contributed by atoms with Gasteiger partial charge < -0.3 is 9.42 Å². The van der Waals surface area contributed by atoms with E-state index >= 15 is 0 Å². The topological polar surface area (TPSA) is 59.2 Å². The molecule has 0 saturated carbocycles. The summed E-state index contributed by atoms with van der Waals surface area (Å²) in [7, 11) is 0. The molecule has 0 aromatic carbocycles. The number of amides is 1. The van der Waals surface area contributed by atoms with Gasteiger partial charge in [0, 0.05) is 36.7 Å². The molecule has 21 heavy (non-hydrogen) atoms. The van der Waals surface area contributed by atoms with Crippen molar-refractivity contribution in [3.63, 3.8) is 0 Å². The average molecular weight is 305 g/mol. The second kappa shape index (κ2) is 5.97. The van der Waals surface area contributed by atoms with E-state index < -0.39 is 0 Å². The van der Waals surface area contributed by atoms with Crippen molar-refractivity contribution < 1.29 is 9.32 Å². The van der Waals surface area contributed by atoms with Gasteiger partial charge in [0.2, 0.25) is 5.76 Å². The van der Waals surface area contributed by atoms with Crippen LogP contribution in [0.25, 0.3) is 0 Å². The summed E-state index contributed by atoms with van der Waals surface area (Å²) in [5.74, 6) is 0.893. The maximum Gasteiger partial charge on any atom is 0.292 e. The lowest BCUT2D eigenvalue weighted by Crippen LogP contribution is -2.38. The molecule has 3 rings (SSSR count). The van der Waals surface area contributed by atoms with Crippen molar-refractivity contribution in [1.29, 1.82) is 0 Å². The van der Waals surface area contributed by atoms with Gasteiger partial charge in [0.25, 0.3) is 5.91 Å². The second-order valence-electron chi connectivity index (χ2n) is 5.73. The van der Waals surface area contributed by atoms with Gasteiger partial charge in [-0.2, -0.15) is 0 Å². The van der Waals surface area contributed by atoms with Crippen LogP contribution in [0, 0.1) is 0 Å². The summed E-state index contributed by atoms with van der Waals surface area (Å²) in [5, 5.41) is 7.07. The highest BCUT2D eigenvalue weighted by Crippen LogP contribution is 2.29. The number of thiazole rings is 1. The summed E-state index contributed by atoms with van der Waals surface area (Å²) in [5.41, 5.74) is 0.826. The van der Waals surface area contributed by atoms with Gasteiger partial charge >= 0.3 is 0 Å². The second-order valence-corrected chi connectivity index (χ2v) is 6.66. The van der Waals surface area contributed by atoms with Crippen molar-refractivity contribution in [1.82, 2.24) is 15.0 Å². The molecule has 5 nitrogen and oxygen atoms in total. The lowest BCUT2D eigenvalue weighted by Gasteiger charge is -2.31. The summed E-state index contributed by atoms with van der Waals surface area (Å²) < 4.78 is 5.21. The minimum absolute atomic E-state index is 0.0596. The van der Waals surface area contributed by atoms with Crippen molar-refractivity contribution in [2.75, 3.05) is 13.1 Å². The zero-order valence-electron chi connectivity index (χ0n) is 12.3. The molecule has 0 N–H and O–H groups in total. The van der Waals surface area contributed by atoms with E-state index in [1.54, 1.807) is 17.4 Å². The van der Waals surface area contributed by atoms with Crippen LogP contribution in [0.1, 0.15) is 59.8 Å². The van der Waals surface area contributed by atoms with Gasteiger partial charge in [-0.25, -0.2) is 4.98 Å². The zero-order valence-corrected chi connectivity index (χ0v) is 13.1. The van der Waals surface area contributed by atoms with Crippen LogP contribution in [0.2, 0.25) is 0 Å². The van der Waals surface area contributed by atoms with Crippen molar-refractivity contribution in [2.24, 2.45) is 0 Å². The Morgan fingerprint density at radius 2 is 2.38 bits per heavy atom. The Labute approximate surface area is 128 Å². The summed E-state index contributed by atoms with van der Waals surface area (Å²) in [6, 6.07) is 1.76. The highest BCUT2D eigenvalue weighted by Gasteiger charge is 2.28. The van der Waals surface area contributed by atoms with E-state index in [1.165, 1.54) is 0 Å². The summed E-state index contributed by atoms with van der Waals surface area (Å²) >= 11 is 1.66. The van der Waals surface area contributed by atoms with E-state index in [4.69, 9.17) is 4.52 Å². The van der Waals surface area contributed by atoms with E-state index in [1.807, 2.05) is 30.3 Å². The molecule has 2 aromatic heterocycles. The Bertz CT molecular complexity index is 606. The predicted molar refractivity (Wildman–Crippen MR) is 80.6 cm³/mol. The molecule has 1 aliphatic heterocycles. The fourth-order valence-electron chi connectivity index (χ4n) is 2.62. The van der Waals surface area contributed by atoms with Gasteiger partial charge in [-0.3, -0.25) is 4.79 Å². The zero-order chi connectivity index (χ0) is 14.8. The first-order valence-corrected chi connectivity index (χ1v) is 8.18. The summed E-state index contributed by atoms with van der Waals surface area (Å²) in [6.45, 7) is 5.56. The Morgan fingerprint density at radius 1 is 1.52 bits per heavy atom. The average Bonchev–Trinajstić information content (AvgIpc) is 3.18. The maximum absolute atomic E-state index is 12.5. The van der Waals surface area contributed by atoms with Gasteiger partial charge in [0.1, 0.15) is 0 Å². The van der Waals surface area contributed by atoms with E-state index in [0.29, 0.717) is 18.2 Å². The number of aromatic nitrogens is 2. The SMILES string of the molecule is CC(C)c1cc(C(=O)N2CCC[C@@H](c3nccs3)C2)on1. The Kier molecular flexibility index (Phi) is 4.05. The highest BCUT2D eigenvalue weighted by molar-refractivity contribution is 7.09. The number of likely N-dealkylation sites (tertiary alicyclic amines) is 1. The largest absolute Gasteiger partial charge is 0.351 e. The quantitative estimate of drug-likeness (QED) is 0.873. The van der Waals surface area contributed by atoms with Crippen molar-refractivity contribution in [3.05, 3.63) is 34.1 Å². The van der Waals surface area contributed by atoms with Crippen LogP contribution in [0.15, 0.2) is 22.2 Å².